The molecule has 0 atom stereocenters. The predicted molar refractivity (Wildman–Crippen MR) is 55.7 cm³/mol. The molecule has 1 amide bonds. The fourth-order valence-electron chi connectivity index (χ4n) is 1.07. The molecule has 14 heavy (non-hydrogen) atoms. The lowest BCUT2D eigenvalue weighted by atomic mass is 10.2. The minimum Gasteiger partial charge on any atom is -0.356 e. The fraction of sp³-hybridized carbons (Fsp3) is 0.400. The molecule has 1 rings (SSSR count). The summed E-state index contributed by atoms with van der Waals surface area (Å²) in [7, 11) is 0. The molecule has 4 heteroatoms. The maximum atomic E-state index is 10.5. The Morgan fingerprint density at radius 1 is 1.71 bits per heavy atom. The van der Waals surface area contributed by atoms with E-state index in [1.807, 2.05) is 19.1 Å². The van der Waals surface area contributed by atoms with Crippen molar-refractivity contribution in [1.29, 1.82) is 0 Å². The molecule has 0 aromatic carbocycles. The van der Waals surface area contributed by atoms with Gasteiger partial charge in [-0.2, -0.15) is 5.10 Å². The van der Waals surface area contributed by atoms with Gasteiger partial charge in [-0.05, 0) is 13.3 Å². The normalized spacial score (nSPS) is 10.7. The van der Waals surface area contributed by atoms with Gasteiger partial charge < -0.3 is 5.32 Å². The van der Waals surface area contributed by atoms with Crippen LogP contribution in [-0.2, 0) is 4.79 Å². The first-order valence-corrected chi connectivity index (χ1v) is 4.61. The maximum Gasteiger partial charge on any atom is 0.216 e. The lowest BCUT2D eigenvalue weighted by Gasteiger charge is -1.96. The molecule has 4 nitrogen and oxygen atoms in total. The monoisotopic (exact) mass is 193 g/mol. The van der Waals surface area contributed by atoms with Crippen molar-refractivity contribution in [2.45, 2.75) is 20.3 Å². The Balaban J connectivity index is 2.28. The first-order valence-electron chi connectivity index (χ1n) is 4.61. The van der Waals surface area contributed by atoms with Gasteiger partial charge in [-0.1, -0.05) is 12.2 Å². The lowest BCUT2D eigenvalue weighted by molar-refractivity contribution is -0.118. The van der Waals surface area contributed by atoms with Gasteiger partial charge in [0.05, 0.1) is 6.20 Å². The van der Waals surface area contributed by atoms with Crippen LogP contribution in [0.25, 0.3) is 6.08 Å². The summed E-state index contributed by atoms with van der Waals surface area (Å²) in [5.74, 6) is 0.0119. The van der Waals surface area contributed by atoms with Gasteiger partial charge in [0.2, 0.25) is 5.91 Å². The molecular formula is C10H15N3O. The van der Waals surface area contributed by atoms with E-state index in [1.165, 1.54) is 6.92 Å². The van der Waals surface area contributed by atoms with Crippen LogP contribution in [-0.4, -0.2) is 22.6 Å². The van der Waals surface area contributed by atoms with Crippen LogP contribution < -0.4 is 5.32 Å². The van der Waals surface area contributed by atoms with Crippen LogP contribution in [0.4, 0.5) is 0 Å². The summed E-state index contributed by atoms with van der Waals surface area (Å²) in [4.78, 5) is 10.5. The Kier molecular flexibility index (Phi) is 3.91. The lowest BCUT2D eigenvalue weighted by Crippen LogP contribution is -2.20. The molecule has 76 valence electrons. The van der Waals surface area contributed by atoms with Crippen molar-refractivity contribution in [1.82, 2.24) is 15.5 Å². The zero-order valence-corrected chi connectivity index (χ0v) is 8.50. The van der Waals surface area contributed by atoms with Crippen LogP contribution >= 0.6 is 0 Å². The van der Waals surface area contributed by atoms with E-state index in [0.29, 0.717) is 6.54 Å². The second kappa shape index (κ2) is 5.21. The highest BCUT2D eigenvalue weighted by atomic mass is 16.1. The number of hydrogen-bond acceptors (Lipinski definition) is 2. The van der Waals surface area contributed by atoms with Crippen LogP contribution in [0.2, 0.25) is 0 Å². The van der Waals surface area contributed by atoms with E-state index >= 15 is 0 Å². The van der Waals surface area contributed by atoms with Gasteiger partial charge in [0.1, 0.15) is 0 Å². The molecule has 2 N–H and O–H groups in total. The van der Waals surface area contributed by atoms with Gasteiger partial charge >= 0.3 is 0 Å². The van der Waals surface area contributed by atoms with Crippen LogP contribution in [0.3, 0.4) is 0 Å². The number of nitrogens with one attached hydrogen (secondary N) is 2. The molecule has 0 aliphatic carbocycles. The summed E-state index contributed by atoms with van der Waals surface area (Å²) in [6, 6.07) is 0. The fourth-order valence-corrected chi connectivity index (χ4v) is 1.07. The largest absolute Gasteiger partial charge is 0.356 e. The first-order chi connectivity index (χ1) is 6.70. The molecule has 0 radical (unpaired) electrons. The Bertz CT molecular complexity index is 328. The number of H-pyrrole nitrogens is 1. The number of amides is 1. The van der Waals surface area contributed by atoms with Crippen molar-refractivity contribution < 1.29 is 4.79 Å². The van der Waals surface area contributed by atoms with Crippen molar-refractivity contribution in [3.63, 3.8) is 0 Å². The van der Waals surface area contributed by atoms with Gasteiger partial charge in [-0.25, -0.2) is 0 Å². The highest BCUT2D eigenvalue weighted by molar-refractivity contribution is 5.72. The van der Waals surface area contributed by atoms with E-state index in [4.69, 9.17) is 0 Å². The third-order valence-electron chi connectivity index (χ3n) is 1.85. The highest BCUT2D eigenvalue weighted by Crippen LogP contribution is 2.04. The average molecular weight is 193 g/mol. The Labute approximate surface area is 83.4 Å². The van der Waals surface area contributed by atoms with Crippen molar-refractivity contribution in [3.8, 4) is 0 Å². The standard InChI is InChI=1S/C10H15N3O/c1-8-10(7-12-13-8)5-3-4-6-11-9(2)14/h3,5,7H,4,6H2,1-2H3,(H,11,14)(H,12,13). The second-order valence-corrected chi connectivity index (χ2v) is 3.12. The first kappa shape index (κ1) is 10.5. The number of hydrogen-bond donors (Lipinski definition) is 2. The molecule has 0 spiro atoms. The summed E-state index contributed by atoms with van der Waals surface area (Å²) in [5, 5.41) is 9.49. The minimum atomic E-state index is 0.0119. The van der Waals surface area contributed by atoms with Gasteiger partial charge in [-0.3, -0.25) is 9.89 Å². The number of nitrogens with zero attached hydrogens (tertiary/aromatic N) is 1. The Hall–Kier alpha value is -1.58. The molecule has 0 unspecified atom stereocenters. The summed E-state index contributed by atoms with van der Waals surface area (Å²) in [6.07, 6.45) is 6.64. The summed E-state index contributed by atoms with van der Waals surface area (Å²) in [6.45, 7) is 4.17. The molecule has 0 bridgehead atoms. The van der Waals surface area contributed by atoms with E-state index in [2.05, 4.69) is 15.5 Å². The smallest absolute Gasteiger partial charge is 0.216 e. The van der Waals surface area contributed by atoms with E-state index in [0.717, 1.165) is 17.7 Å². The third kappa shape index (κ3) is 3.43. The van der Waals surface area contributed by atoms with Crippen molar-refractivity contribution >= 4 is 12.0 Å². The van der Waals surface area contributed by atoms with Crippen LogP contribution in [0.5, 0.6) is 0 Å². The maximum absolute atomic E-state index is 10.5. The highest BCUT2D eigenvalue weighted by Gasteiger charge is 1.93. The number of aromatic nitrogens is 2. The van der Waals surface area contributed by atoms with Crippen LogP contribution in [0.1, 0.15) is 24.6 Å². The quantitative estimate of drug-likeness (QED) is 0.707. The molecule has 0 aliphatic heterocycles. The van der Waals surface area contributed by atoms with Gasteiger partial charge in [-0.15, -0.1) is 0 Å². The van der Waals surface area contributed by atoms with Crippen LogP contribution in [0.15, 0.2) is 12.3 Å². The SMILES string of the molecule is CC(=O)NCCC=Cc1cn[nH]c1C. The van der Waals surface area contributed by atoms with Crippen molar-refractivity contribution in [3.05, 3.63) is 23.5 Å². The molecule has 0 saturated carbocycles. The summed E-state index contributed by atoms with van der Waals surface area (Å²) >= 11 is 0. The molecule has 0 fully saturated rings. The van der Waals surface area contributed by atoms with Crippen molar-refractivity contribution in [2.24, 2.45) is 0 Å². The molecular weight excluding hydrogens is 178 g/mol. The van der Waals surface area contributed by atoms with Crippen LogP contribution in [0, 0.1) is 6.92 Å². The molecule has 1 aromatic heterocycles. The number of carbonyl (C=O) groups excluding carboxylic acids is 1. The van der Waals surface area contributed by atoms with E-state index in [1.54, 1.807) is 6.20 Å². The number of aryl methyl sites for hydroxylation is 1. The Morgan fingerprint density at radius 2 is 2.50 bits per heavy atom. The van der Waals surface area contributed by atoms with E-state index in [-0.39, 0.29) is 5.91 Å². The van der Waals surface area contributed by atoms with Crippen molar-refractivity contribution in [2.75, 3.05) is 6.54 Å². The zero-order chi connectivity index (χ0) is 10.4. The van der Waals surface area contributed by atoms with Gasteiger partial charge in [0.15, 0.2) is 0 Å². The number of carbonyl (C=O) groups is 1. The van der Waals surface area contributed by atoms with E-state index < -0.39 is 0 Å². The minimum absolute atomic E-state index is 0.0119. The molecule has 0 aliphatic rings. The Morgan fingerprint density at radius 3 is 3.07 bits per heavy atom. The summed E-state index contributed by atoms with van der Waals surface area (Å²) in [5.41, 5.74) is 2.15. The molecule has 0 saturated heterocycles. The molecule has 1 aromatic rings. The zero-order valence-electron chi connectivity index (χ0n) is 8.50. The predicted octanol–water partition coefficient (Wildman–Crippen LogP) is 1.26. The summed E-state index contributed by atoms with van der Waals surface area (Å²) < 4.78 is 0. The number of aromatic amines is 1. The second-order valence-electron chi connectivity index (χ2n) is 3.12. The van der Waals surface area contributed by atoms with Gasteiger partial charge in [0, 0.05) is 24.7 Å². The molecule has 1 heterocycles. The van der Waals surface area contributed by atoms with Gasteiger partial charge in [0.25, 0.3) is 0 Å². The third-order valence-corrected chi connectivity index (χ3v) is 1.85. The average Bonchev–Trinajstić information content (AvgIpc) is 2.51. The topological polar surface area (TPSA) is 57.8 Å². The van der Waals surface area contributed by atoms with E-state index in [9.17, 15) is 4.79 Å². The number of rotatable bonds is 4.